The van der Waals surface area contributed by atoms with Gasteiger partial charge in [-0.25, -0.2) is 4.39 Å². The SMILES string of the molecule is Cc1ccc(C=O)cc1Oc1ccc(F)cc1Cl. The van der Waals surface area contributed by atoms with Gasteiger partial charge in [-0.15, -0.1) is 0 Å². The van der Waals surface area contributed by atoms with Gasteiger partial charge in [0.1, 0.15) is 23.6 Å². The molecule has 0 fully saturated rings. The van der Waals surface area contributed by atoms with E-state index in [1.54, 1.807) is 18.2 Å². The molecule has 2 aromatic carbocycles. The molecule has 0 amide bonds. The molecule has 0 heterocycles. The van der Waals surface area contributed by atoms with E-state index in [9.17, 15) is 9.18 Å². The van der Waals surface area contributed by atoms with Crippen LogP contribution in [0.2, 0.25) is 5.02 Å². The van der Waals surface area contributed by atoms with Crippen LogP contribution in [0.1, 0.15) is 15.9 Å². The van der Waals surface area contributed by atoms with Crippen molar-refractivity contribution >= 4 is 17.9 Å². The third kappa shape index (κ3) is 2.68. The van der Waals surface area contributed by atoms with Crippen LogP contribution in [-0.2, 0) is 0 Å². The fourth-order valence-corrected chi connectivity index (χ4v) is 1.68. The van der Waals surface area contributed by atoms with Gasteiger partial charge in [0.25, 0.3) is 0 Å². The average Bonchev–Trinajstić information content (AvgIpc) is 2.35. The summed E-state index contributed by atoms with van der Waals surface area (Å²) in [6.45, 7) is 1.85. The summed E-state index contributed by atoms with van der Waals surface area (Å²) < 4.78 is 18.5. The first-order valence-electron chi connectivity index (χ1n) is 5.29. The molecule has 4 heteroatoms. The standard InChI is InChI=1S/C14H10ClFO2/c1-9-2-3-10(8-17)6-14(9)18-13-5-4-11(16)7-12(13)15/h2-8H,1H3. The second kappa shape index (κ2) is 5.19. The molecule has 0 bridgehead atoms. The lowest BCUT2D eigenvalue weighted by Gasteiger charge is -2.10. The van der Waals surface area contributed by atoms with Crippen LogP contribution in [0.3, 0.4) is 0 Å². The van der Waals surface area contributed by atoms with E-state index in [1.807, 2.05) is 6.92 Å². The Morgan fingerprint density at radius 2 is 1.94 bits per heavy atom. The van der Waals surface area contributed by atoms with Crippen LogP contribution in [0, 0.1) is 12.7 Å². The summed E-state index contributed by atoms with van der Waals surface area (Å²) >= 11 is 5.87. The zero-order valence-corrected chi connectivity index (χ0v) is 10.4. The normalized spacial score (nSPS) is 10.2. The number of carbonyl (C=O) groups excluding carboxylic acids is 1. The van der Waals surface area contributed by atoms with Gasteiger partial charge < -0.3 is 4.74 Å². The van der Waals surface area contributed by atoms with E-state index >= 15 is 0 Å². The molecule has 0 N–H and O–H groups in total. The van der Waals surface area contributed by atoms with E-state index in [0.717, 1.165) is 11.8 Å². The largest absolute Gasteiger partial charge is 0.456 e. The van der Waals surface area contributed by atoms with Gasteiger partial charge in [-0.1, -0.05) is 23.7 Å². The lowest BCUT2D eigenvalue weighted by atomic mass is 10.1. The Balaban J connectivity index is 2.36. The van der Waals surface area contributed by atoms with E-state index in [1.165, 1.54) is 18.2 Å². The van der Waals surface area contributed by atoms with Crippen molar-refractivity contribution in [3.63, 3.8) is 0 Å². The Bertz CT molecular complexity index is 596. The van der Waals surface area contributed by atoms with Crippen molar-refractivity contribution < 1.29 is 13.9 Å². The highest BCUT2D eigenvalue weighted by Crippen LogP contribution is 2.31. The Hall–Kier alpha value is -1.87. The lowest BCUT2D eigenvalue weighted by Crippen LogP contribution is -1.91. The molecule has 0 aliphatic carbocycles. The van der Waals surface area contributed by atoms with Gasteiger partial charge in [-0.3, -0.25) is 4.79 Å². The predicted octanol–water partition coefficient (Wildman–Crippen LogP) is 4.39. The van der Waals surface area contributed by atoms with E-state index < -0.39 is 5.82 Å². The lowest BCUT2D eigenvalue weighted by molar-refractivity contribution is 0.112. The van der Waals surface area contributed by atoms with E-state index in [0.29, 0.717) is 17.1 Å². The van der Waals surface area contributed by atoms with Crippen molar-refractivity contribution in [2.75, 3.05) is 0 Å². The quantitative estimate of drug-likeness (QED) is 0.769. The van der Waals surface area contributed by atoms with Crippen LogP contribution >= 0.6 is 11.6 Å². The van der Waals surface area contributed by atoms with Crippen LogP contribution < -0.4 is 4.74 Å². The molecule has 0 radical (unpaired) electrons. The zero-order chi connectivity index (χ0) is 13.1. The van der Waals surface area contributed by atoms with Gasteiger partial charge in [0.15, 0.2) is 0 Å². The number of halogens is 2. The monoisotopic (exact) mass is 264 g/mol. The molecule has 0 aliphatic heterocycles. The van der Waals surface area contributed by atoms with Crippen molar-refractivity contribution in [3.8, 4) is 11.5 Å². The zero-order valence-electron chi connectivity index (χ0n) is 9.61. The molecule has 0 aromatic heterocycles. The van der Waals surface area contributed by atoms with Crippen molar-refractivity contribution in [1.29, 1.82) is 0 Å². The highest BCUT2D eigenvalue weighted by Gasteiger charge is 2.07. The molecule has 0 saturated heterocycles. The van der Waals surface area contributed by atoms with Gasteiger partial charge in [0.2, 0.25) is 0 Å². The summed E-state index contributed by atoms with van der Waals surface area (Å²) in [5.41, 5.74) is 1.37. The number of hydrogen-bond acceptors (Lipinski definition) is 2. The maximum Gasteiger partial charge on any atom is 0.150 e. The van der Waals surface area contributed by atoms with E-state index in [4.69, 9.17) is 16.3 Å². The number of ether oxygens (including phenoxy) is 1. The molecular formula is C14H10ClFO2. The highest BCUT2D eigenvalue weighted by atomic mass is 35.5. The molecule has 2 nitrogen and oxygen atoms in total. The molecule has 92 valence electrons. The van der Waals surface area contributed by atoms with Crippen LogP contribution in [0.25, 0.3) is 0 Å². The van der Waals surface area contributed by atoms with E-state index in [-0.39, 0.29) is 5.02 Å². The molecule has 0 atom stereocenters. The van der Waals surface area contributed by atoms with Crippen LogP contribution in [0.5, 0.6) is 11.5 Å². The smallest absolute Gasteiger partial charge is 0.150 e. The molecule has 0 spiro atoms. The molecule has 2 aromatic rings. The Morgan fingerprint density at radius 3 is 2.61 bits per heavy atom. The fourth-order valence-electron chi connectivity index (χ4n) is 1.48. The minimum Gasteiger partial charge on any atom is -0.456 e. The summed E-state index contributed by atoms with van der Waals surface area (Å²) in [6, 6.07) is 8.97. The molecular weight excluding hydrogens is 255 g/mol. The first-order valence-corrected chi connectivity index (χ1v) is 5.66. The van der Waals surface area contributed by atoms with Gasteiger partial charge in [0, 0.05) is 5.56 Å². The molecule has 18 heavy (non-hydrogen) atoms. The van der Waals surface area contributed by atoms with E-state index in [2.05, 4.69) is 0 Å². The molecule has 0 unspecified atom stereocenters. The van der Waals surface area contributed by atoms with Crippen LogP contribution in [-0.4, -0.2) is 6.29 Å². The third-order valence-corrected chi connectivity index (χ3v) is 2.76. The minimum absolute atomic E-state index is 0.186. The van der Waals surface area contributed by atoms with Gasteiger partial charge in [0.05, 0.1) is 5.02 Å². The van der Waals surface area contributed by atoms with Crippen LogP contribution in [0.4, 0.5) is 4.39 Å². The minimum atomic E-state index is -0.425. The maximum atomic E-state index is 12.9. The third-order valence-electron chi connectivity index (χ3n) is 2.46. The second-order valence-electron chi connectivity index (χ2n) is 3.82. The van der Waals surface area contributed by atoms with Gasteiger partial charge >= 0.3 is 0 Å². The van der Waals surface area contributed by atoms with Crippen molar-refractivity contribution in [2.45, 2.75) is 6.92 Å². The Labute approximate surface area is 109 Å². The highest BCUT2D eigenvalue weighted by molar-refractivity contribution is 6.32. The van der Waals surface area contributed by atoms with Gasteiger partial charge in [-0.05, 0) is 36.8 Å². The summed E-state index contributed by atoms with van der Waals surface area (Å²) in [6.07, 6.45) is 0.735. The van der Waals surface area contributed by atoms with Crippen LogP contribution in [0.15, 0.2) is 36.4 Å². The predicted molar refractivity (Wildman–Crippen MR) is 68.1 cm³/mol. The number of benzene rings is 2. The topological polar surface area (TPSA) is 26.3 Å². The second-order valence-corrected chi connectivity index (χ2v) is 4.23. The number of rotatable bonds is 3. The van der Waals surface area contributed by atoms with Crippen molar-refractivity contribution in [3.05, 3.63) is 58.4 Å². The van der Waals surface area contributed by atoms with Crippen molar-refractivity contribution in [1.82, 2.24) is 0 Å². The number of hydrogen-bond donors (Lipinski definition) is 0. The average molecular weight is 265 g/mol. The first kappa shape index (κ1) is 12.6. The molecule has 0 saturated carbocycles. The number of aryl methyl sites for hydroxylation is 1. The van der Waals surface area contributed by atoms with Gasteiger partial charge in [-0.2, -0.15) is 0 Å². The summed E-state index contributed by atoms with van der Waals surface area (Å²) in [7, 11) is 0. The van der Waals surface area contributed by atoms with Crippen molar-refractivity contribution in [2.24, 2.45) is 0 Å². The maximum absolute atomic E-state index is 12.9. The molecule has 2 rings (SSSR count). The number of carbonyl (C=O) groups is 1. The Morgan fingerprint density at radius 1 is 1.17 bits per heavy atom. The summed E-state index contributed by atoms with van der Waals surface area (Å²) in [5, 5.41) is 0.186. The molecule has 0 aliphatic rings. The Kier molecular flexibility index (Phi) is 3.63. The number of aldehydes is 1. The summed E-state index contributed by atoms with van der Waals surface area (Å²) in [5.74, 6) is 0.447. The first-order chi connectivity index (χ1) is 8.60. The summed E-state index contributed by atoms with van der Waals surface area (Å²) in [4.78, 5) is 10.7. The fraction of sp³-hybridized carbons (Fsp3) is 0.0714.